The van der Waals surface area contributed by atoms with Crippen LogP contribution >= 0.6 is 15.9 Å². The highest BCUT2D eigenvalue weighted by atomic mass is 79.9. The number of amides is 1. The third kappa shape index (κ3) is 6.10. The third-order valence-electron chi connectivity index (χ3n) is 2.41. The molecule has 1 aromatic carbocycles. The zero-order valence-corrected chi connectivity index (χ0v) is 13.7. The average molecular weight is 328 g/mol. The van der Waals surface area contributed by atoms with Crippen LogP contribution in [0.15, 0.2) is 28.7 Å². The summed E-state index contributed by atoms with van der Waals surface area (Å²) >= 11 is 3.44. The van der Waals surface area contributed by atoms with Crippen LogP contribution < -0.4 is 0 Å². The molecule has 0 fully saturated rings. The van der Waals surface area contributed by atoms with Crippen LogP contribution in [0.3, 0.4) is 0 Å². The van der Waals surface area contributed by atoms with E-state index >= 15 is 0 Å². The monoisotopic (exact) mass is 327 g/mol. The van der Waals surface area contributed by atoms with E-state index in [-0.39, 0.29) is 6.09 Å². The maximum absolute atomic E-state index is 12.1. The zero-order chi connectivity index (χ0) is 14.5. The normalized spacial score (nSPS) is 11.2. The molecule has 0 unspecified atom stereocenters. The number of halogens is 1. The van der Waals surface area contributed by atoms with Crippen LogP contribution in [0.1, 0.15) is 39.7 Å². The molecule has 1 rings (SSSR count). The highest BCUT2D eigenvalue weighted by Crippen LogP contribution is 2.16. The van der Waals surface area contributed by atoms with Gasteiger partial charge in [-0.05, 0) is 44.9 Å². The fourth-order valence-electron chi connectivity index (χ4n) is 1.69. The Labute approximate surface area is 124 Å². The second-order valence-electron chi connectivity index (χ2n) is 5.53. The van der Waals surface area contributed by atoms with E-state index in [9.17, 15) is 4.79 Å². The standard InChI is InChI=1S/C15H22BrNO2/c1-5-9-17(14(18)19-15(2,3)4)11-12-7-6-8-13(16)10-12/h6-8,10H,5,9,11H2,1-4H3. The lowest BCUT2D eigenvalue weighted by atomic mass is 10.2. The molecule has 0 aromatic heterocycles. The van der Waals surface area contributed by atoms with Crippen molar-refractivity contribution < 1.29 is 9.53 Å². The van der Waals surface area contributed by atoms with E-state index in [0.717, 1.165) is 16.5 Å². The summed E-state index contributed by atoms with van der Waals surface area (Å²) < 4.78 is 6.45. The minimum atomic E-state index is -0.458. The first-order chi connectivity index (χ1) is 8.81. The molecule has 0 radical (unpaired) electrons. The van der Waals surface area contributed by atoms with Crippen molar-refractivity contribution in [3.63, 3.8) is 0 Å². The molecular formula is C15H22BrNO2. The Kier molecular flexibility index (Phi) is 5.85. The number of ether oxygens (including phenoxy) is 1. The molecule has 0 saturated heterocycles. The number of carbonyl (C=O) groups is 1. The van der Waals surface area contributed by atoms with E-state index in [1.165, 1.54) is 0 Å². The minimum absolute atomic E-state index is 0.255. The molecule has 1 amide bonds. The number of rotatable bonds is 4. The van der Waals surface area contributed by atoms with Crippen molar-refractivity contribution in [2.75, 3.05) is 6.54 Å². The van der Waals surface area contributed by atoms with E-state index in [4.69, 9.17) is 4.74 Å². The number of carbonyl (C=O) groups excluding carboxylic acids is 1. The summed E-state index contributed by atoms with van der Waals surface area (Å²) in [6.45, 7) is 8.97. The molecule has 0 aliphatic heterocycles. The fraction of sp³-hybridized carbons (Fsp3) is 0.533. The van der Waals surface area contributed by atoms with Crippen molar-refractivity contribution in [2.24, 2.45) is 0 Å². The summed E-state index contributed by atoms with van der Waals surface area (Å²) in [7, 11) is 0. The number of benzene rings is 1. The van der Waals surface area contributed by atoms with Crippen molar-refractivity contribution in [3.8, 4) is 0 Å². The molecule has 0 aliphatic rings. The molecular weight excluding hydrogens is 306 g/mol. The number of nitrogens with zero attached hydrogens (tertiary/aromatic N) is 1. The van der Waals surface area contributed by atoms with Crippen molar-refractivity contribution in [3.05, 3.63) is 34.3 Å². The fourth-order valence-corrected chi connectivity index (χ4v) is 2.13. The molecule has 106 valence electrons. The van der Waals surface area contributed by atoms with E-state index in [1.807, 2.05) is 45.0 Å². The van der Waals surface area contributed by atoms with Crippen LogP contribution in [-0.2, 0) is 11.3 Å². The van der Waals surface area contributed by atoms with Crippen molar-refractivity contribution >= 4 is 22.0 Å². The van der Waals surface area contributed by atoms with Gasteiger partial charge in [-0.1, -0.05) is 35.0 Å². The quantitative estimate of drug-likeness (QED) is 0.809. The van der Waals surface area contributed by atoms with Gasteiger partial charge in [-0.25, -0.2) is 4.79 Å². The van der Waals surface area contributed by atoms with Crippen LogP contribution in [0, 0.1) is 0 Å². The highest BCUT2D eigenvalue weighted by molar-refractivity contribution is 9.10. The predicted octanol–water partition coefficient (Wildman–Crippen LogP) is 4.60. The Balaban J connectivity index is 2.75. The van der Waals surface area contributed by atoms with E-state index in [2.05, 4.69) is 22.9 Å². The first-order valence-electron chi connectivity index (χ1n) is 6.54. The summed E-state index contributed by atoms with van der Waals surface area (Å²) in [5.41, 5.74) is 0.633. The Hall–Kier alpha value is -1.03. The van der Waals surface area contributed by atoms with E-state index < -0.39 is 5.60 Å². The summed E-state index contributed by atoms with van der Waals surface area (Å²) in [5, 5.41) is 0. The van der Waals surface area contributed by atoms with Crippen molar-refractivity contribution in [1.82, 2.24) is 4.90 Å². The molecule has 0 saturated carbocycles. The number of hydrogen-bond acceptors (Lipinski definition) is 2. The average Bonchev–Trinajstić information content (AvgIpc) is 2.26. The van der Waals surface area contributed by atoms with Gasteiger partial charge in [-0.15, -0.1) is 0 Å². The Morgan fingerprint density at radius 2 is 2.05 bits per heavy atom. The van der Waals surface area contributed by atoms with Gasteiger partial charge in [0.25, 0.3) is 0 Å². The summed E-state index contributed by atoms with van der Waals surface area (Å²) in [4.78, 5) is 13.9. The van der Waals surface area contributed by atoms with Crippen LogP contribution in [0.2, 0.25) is 0 Å². The van der Waals surface area contributed by atoms with Crippen molar-refractivity contribution in [2.45, 2.75) is 46.3 Å². The Morgan fingerprint density at radius 3 is 2.58 bits per heavy atom. The van der Waals surface area contributed by atoms with Gasteiger partial charge in [0.05, 0.1) is 0 Å². The SMILES string of the molecule is CCCN(Cc1cccc(Br)c1)C(=O)OC(C)(C)C. The van der Waals surface area contributed by atoms with Crippen LogP contribution in [0.5, 0.6) is 0 Å². The van der Waals surface area contributed by atoms with Gasteiger partial charge in [0.15, 0.2) is 0 Å². The van der Waals surface area contributed by atoms with Gasteiger partial charge in [0, 0.05) is 17.6 Å². The van der Waals surface area contributed by atoms with Gasteiger partial charge in [-0.2, -0.15) is 0 Å². The van der Waals surface area contributed by atoms with Gasteiger partial charge < -0.3 is 9.64 Å². The van der Waals surface area contributed by atoms with E-state index in [0.29, 0.717) is 13.1 Å². The lowest BCUT2D eigenvalue weighted by Gasteiger charge is -2.27. The maximum Gasteiger partial charge on any atom is 0.410 e. The van der Waals surface area contributed by atoms with E-state index in [1.54, 1.807) is 4.90 Å². The third-order valence-corrected chi connectivity index (χ3v) is 2.90. The molecule has 4 heteroatoms. The Bertz CT molecular complexity index is 426. The Morgan fingerprint density at radius 1 is 1.37 bits per heavy atom. The van der Waals surface area contributed by atoms with Crippen molar-refractivity contribution in [1.29, 1.82) is 0 Å². The van der Waals surface area contributed by atoms with Crippen LogP contribution in [0.4, 0.5) is 4.79 Å². The van der Waals surface area contributed by atoms with Gasteiger partial charge >= 0.3 is 6.09 Å². The lowest BCUT2D eigenvalue weighted by molar-refractivity contribution is 0.0233. The molecule has 1 aromatic rings. The van der Waals surface area contributed by atoms with Gasteiger partial charge in [0.2, 0.25) is 0 Å². The van der Waals surface area contributed by atoms with Gasteiger partial charge in [-0.3, -0.25) is 0 Å². The summed E-state index contributed by atoms with van der Waals surface area (Å²) in [6, 6.07) is 7.98. The van der Waals surface area contributed by atoms with Crippen LogP contribution in [-0.4, -0.2) is 23.1 Å². The number of hydrogen-bond donors (Lipinski definition) is 0. The summed E-state index contributed by atoms with van der Waals surface area (Å²) in [6.07, 6.45) is 0.655. The second-order valence-corrected chi connectivity index (χ2v) is 6.45. The lowest BCUT2D eigenvalue weighted by Crippen LogP contribution is -2.36. The second kappa shape index (κ2) is 6.94. The zero-order valence-electron chi connectivity index (χ0n) is 12.1. The molecule has 0 atom stereocenters. The molecule has 19 heavy (non-hydrogen) atoms. The first kappa shape index (κ1) is 16.0. The van der Waals surface area contributed by atoms with Gasteiger partial charge in [0.1, 0.15) is 5.60 Å². The minimum Gasteiger partial charge on any atom is -0.444 e. The molecule has 0 aliphatic carbocycles. The smallest absolute Gasteiger partial charge is 0.410 e. The molecule has 0 heterocycles. The first-order valence-corrected chi connectivity index (χ1v) is 7.33. The van der Waals surface area contributed by atoms with Crippen LogP contribution in [0.25, 0.3) is 0 Å². The molecule has 0 bridgehead atoms. The topological polar surface area (TPSA) is 29.5 Å². The predicted molar refractivity (Wildman–Crippen MR) is 81.1 cm³/mol. The molecule has 0 N–H and O–H groups in total. The maximum atomic E-state index is 12.1. The highest BCUT2D eigenvalue weighted by Gasteiger charge is 2.21. The summed E-state index contributed by atoms with van der Waals surface area (Å²) in [5.74, 6) is 0. The largest absolute Gasteiger partial charge is 0.444 e. The molecule has 0 spiro atoms. The molecule has 3 nitrogen and oxygen atoms in total.